The maximum absolute atomic E-state index is 14.5. The Labute approximate surface area is 232 Å². The number of aliphatic carboxylic acids is 1. The lowest BCUT2D eigenvalue weighted by Gasteiger charge is -2.46. The van der Waals surface area contributed by atoms with E-state index in [0.29, 0.717) is 42.2 Å². The highest BCUT2D eigenvalue weighted by Gasteiger charge is 2.53. The Balaban J connectivity index is 1.35. The van der Waals surface area contributed by atoms with E-state index < -0.39 is 23.9 Å². The van der Waals surface area contributed by atoms with E-state index in [-0.39, 0.29) is 24.5 Å². The molecule has 1 aromatic heterocycles. The van der Waals surface area contributed by atoms with E-state index in [0.717, 1.165) is 5.70 Å². The summed E-state index contributed by atoms with van der Waals surface area (Å²) in [5.41, 5.74) is 2.30. The lowest BCUT2D eigenvalue weighted by Crippen LogP contribution is -2.66. The maximum atomic E-state index is 14.5. The van der Waals surface area contributed by atoms with Crippen LogP contribution < -0.4 is 9.80 Å². The number of nitrogens with zero attached hydrogens (tertiary/aromatic N) is 5. The number of rotatable bonds is 5. The van der Waals surface area contributed by atoms with Crippen LogP contribution in [0, 0.1) is 11.7 Å². The molecule has 2 saturated heterocycles. The van der Waals surface area contributed by atoms with Gasteiger partial charge in [-0.05, 0) is 61.6 Å². The van der Waals surface area contributed by atoms with Gasteiger partial charge in [-0.3, -0.25) is 4.90 Å². The van der Waals surface area contributed by atoms with Crippen LogP contribution in [0.4, 0.5) is 20.8 Å². The first-order valence-corrected chi connectivity index (χ1v) is 13.5. The van der Waals surface area contributed by atoms with Crippen LogP contribution in [0.2, 0.25) is 0 Å². The van der Waals surface area contributed by atoms with Gasteiger partial charge in [-0.2, -0.15) is 0 Å². The van der Waals surface area contributed by atoms with Gasteiger partial charge < -0.3 is 14.9 Å². The molecule has 1 unspecified atom stereocenters. The second kappa shape index (κ2) is 10.6. The average molecular weight is 540 g/mol. The topological polar surface area (TPSA) is 89.9 Å². The molecule has 4 atom stereocenters. The second-order valence-electron chi connectivity index (χ2n) is 10.5. The number of carboxylic acid groups (broad SMARTS) is 1. The van der Waals surface area contributed by atoms with Gasteiger partial charge in [0.1, 0.15) is 5.82 Å². The third-order valence-corrected chi connectivity index (χ3v) is 7.93. The number of urea groups is 1. The summed E-state index contributed by atoms with van der Waals surface area (Å²) in [6.07, 6.45) is 9.46. The molecular weight excluding hydrogens is 509 g/mol. The Kier molecular flexibility index (Phi) is 6.79. The fraction of sp³-hybridized carbons (Fsp3) is 0.290. The van der Waals surface area contributed by atoms with Gasteiger partial charge in [-0.1, -0.05) is 49.4 Å². The zero-order chi connectivity index (χ0) is 27.8. The van der Waals surface area contributed by atoms with Gasteiger partial charge in [0.2, 0.25) is 5.95 Å². The summed E-state index contributed by atoms with van der Waals surface area (Å²) in [7, 11) is 0. The Hall–Kier alpha value is -4.53. The van der Waals surface area contributed by atoms with E-state index in [4.69, 9.17) is 0 Å². The van der Waals surface area contributed by atoms with Gasteiger partial charge >= 0.3 is 12.0 Å². The Morgan fingerprint density at radius 1 is 1.05 bits per heavy atom. The number of anilines is 2. The molecule has 3 heterocycles. The smallest absolute Gasteiger partial charge is 0.329 e. The molecule has 2 fully saturated rings. The van der Waals surface area contributed by atoms with Crippen LogP contribution in [0.25, 0.3) is 11.3 Å². The van der Waals surface area contributed by atoms with Crippen LogP contribution in [-0.2, 0) is 4.79 Å². The summed E-state index contributed by atoms with van der Waals surface area (Å²) in [5, 5.41) is 10.5. The van der Waals surface area contributed by atoms with E-state index in [2.05, 4.69) is 23.0 Å². The SMILES string of the molecule is CC1C=CC=C(N(C(=O)N2C[C@@H]3CC[C@H]([C@H]2C(=O)O)N3c2nccc(-c3ccccc3F)n2)c2ccccc2)C1. The third-order valence-electron chi connectivity index (χ3n) is 7.93. The number of amides is 2. The minimum atomic E-state index is -1.10. The second-order valence-corrected chi connectivity index (χ2v) is 10.5. The van der Waals surface area contributed by atoms with Gasteiger partial charge in [0, 0.05) is 24.0 Å². The Morgan fingerprint density at radius 3 is 2.58 bits per heavy atom. The summed E-state index contributed by atoms with van der Waals surface area (Å²) in [4.78, 5) is 41.3. The molecule has 40 heavy (non-hydrogen) atoms. The molecule has 9 heteroatoms. The zero-order valence-corrected chi connectivity index (χ0v) is 22.1. The largest absolute Gasteiger partial charge is 0.480 e. The number of fused-ring (bicyclic) bond motifs is 2. The van der Waals surface area contributed by atoms with Crippen LogP contribution >= 0.6 is 0 Å². The van der Waals surface area contributed by atoms with Crippen molar-refractivity contribution in [1.29, 1.82) is 0 Å². The van der Waals surface area contributed by atoms with Crippen LogP contribution in [-0.4, -0.2) is 56.6 Å². The summed E-state index contributed by atoms with van der Waals surface area (Å²) in [6.45, 7) is 2.30. The van der Waals surface area contributed by atoms with Crippen molar-refractivity contribution in [2.45, 2.75) is 44.3 Å². The van der Waals surface area contributed by atoms with Crippen molar-refractivity contribution in [3.8, 4) is 11.3 Å². The predicted molar refractivity (Wildman–Crippen MR) is 150 cm³/mol. The van der Waals surface area contributed by atoms with Crippen LogP contribution in [0.15, 0.2) is 90.8 Å². The summed E-state index contributed by atoms with van der Waals surface area (Å²) in [5.74, 6) is -0.870. The van der Waals surface area contributed by atoms with Gasteiger partial charge in [-0.25, -0.2) is 23.9 Å². The van der Waals surface area contributed by atoms with Crippen molar-refractivity contribution in [2.75, 3.05) is 16.3 Å². The predicted octanol–water partition coefficient (Wildman–Crippen LogP) is 5.50. The highest BCUT2D eigenvalue weighted by molar-refractivity contribution is 5.98. The van der Waals surface area contributed by atoms with Crippen LogP contribution in [0.3, 0.4) is 0 Å². The lowest BCUT2D eigenvalue weighted by atomic mass is 9.99. The molecule has 2 aliphatic heterocycles. The first-order chi connectivity index (χ1) is 19.4. The summed E-state index contributed by atoms with van der Waals surface area (Å²) < 4.78 is 14.5. The van der Waals surface area contributed by atoms with E-state index >= 15 is 0 Å². The normalized spacial score (nSPS) is 23.6. The fourth-order valence-corrected chi connectivity index (χ4v) is 6.14. The molecular formula is C31H30FN5O3. The lowest BCUT2D eigenvalue weighted by molar-refractivity contribution is -0.143. The number of piperazine rings is 1. The van der Waals surface area contributed by atoms with Crippen molar-refractivity contribution in [1.82, 2.24) is 14.9 Å². The molecule has 8 nitrogen and oxygen atoms in total. The summed E-state index contributed by atoms with van der Waals surface area (Å²) >= 11 is 0. The van der Waals surface area contributed by atoms with Gasteiger partial charge in [0.05, 0.1) is 23.5 Å². The minimum Gasteiger partial charge on any atom is -0.480 e. The van der Waals surface area contributed by atoms with Gasteiger partial charge in [0.25, 0.3) is 0 Å². The molecule has 6 rings (SSSR count). The first-order valence-electron chi connectivity index (χ1n) is 13.5. The highest BCUT2D eigenvalue weighted by atomic mass is 19.1. The van der Waals surface area contributed by atoms with E-state index in [1.807, 2.05) is 47.4 Å². The fourth-order valence-electron chi connectivity index (χ4n) is 6.14. The number of para-hydroxylation sites is 1. The molecule has 3 aromatic rings. The summed E-state index contributed by atoms with van der Waals surface area (Å²) in [6, 6.07) is 15.2. The number of allylic oxidation sites excluding steroid dienone is 4. The monoisotopic (exact) mass is 539 g/mol. The van der Waals surface area contributed by atoms with Crippen molar-refractivity contribution in [3.05, 3.63) is 96.6 Å². The Bertz CT molecular complexity index is 1490. The average Bonchev–Trinajstić information content (AvgIpc) is 3.26. The number of benzene rings is 2. The number of carbonyl (C=O) groups is 2. The molecule has 0 radical (unpaired) electrons. The van der Waals surface area contributed by atoms with Gasteiger partial charge in [0.15, 0.2) is 6.04 Å². The molecule has 1 aliphatic carbocycles. The first kappa shape index (κ1) is 25.7. The highest BCUT2D eigenvalue weighted by Crippen LogP contribution is 2.39. The van der Waals surface area contributed by atoms with Crippen LogP contribution in [0.5, 0.6) is 0 Å². The van der Waals surface area contributed by atoms with Crippen molar-refractivity contribution >= 4 is 23.6 Å². The number of likely N-dealkylation sites (tertiary alicyclic amines) is 1. The van der Waals surface area contributed by atoms with E-state index in [9.17, 15) is 19.1 Å². The number of carboxylic acids is 1. The van der Waals surface area contributed by atoms with Gasteiger partial charge in [-0.15, -0.1) is 0 Å². The minimum absolute atomic E-state index is 0.169. The number of aromatic nitrogens is 2. The van der Waals surface area contributed by atoms with Crippen molar-refractivity contribution in [3.63, 3.8) is 0 Å². The van der Waals surface area contributed by atoms with Crippen molar-refractivity contribution in [2.24, 2.45) is 5.92 Å². The molecule has 3 aliphatic rings. The molecule has 0 saturated carbocycles. The number of carbonyl (C=O) groups excluding carboxylic acids is 1. The van der Waals surface area contributed by atoms with E-state index in [1.165, 1.54) is 11.0 Å². The zero-order valence-electron chi connectivity index (χ0n) is 22.1. The van der Waals surface area contributed by atoms with Crippen LogP contribution in [0.1, 0.15) is 26.2 Å². The molecule has 2 amide bonds. The molecule has 204 valence electrons. The van der Waals surface area contributed by atoms with E-state index in [1.54, 1.807) is 35.4 Å². The number of hydrogen-bond acceptors (Lipinski definition) is 5. The molecule has 2 aromatic carbocycles. The Morgan fingerprint density at radius 2 is 1.82 bits per heavy atom. The molecule has 1 N–H and O–H groups in total. The quantitative estimate of drug-likeness (QED) is 0.461. The number of hydrogen-bond donors (Lipinski definition) is 1. The third kappa shape index (κ3) is 4.61. The maximum Gasteiger partial charge on any atom is 0.329 e. The van der Waals surface area contributed by atoms with Crippen molar-refractivity contribution < 1.29 is 19.1 Å². The molecule has 0 spiro atoms. The number of halogens is 1. The molecule has 2 bridgehead atoms. The standard InChI is InChI=1S/C31H30FN5O3/c1-20-8-7-11-22(18-20)36(21-9-3-2-4-10-21)31(40)35-19-23-14-15-27(28(35)29(38)39)37(23)30-33-17-16-26(34-30)24-12-5-6-13-25(24)32/h2-13,16-17,20,23,27-28H,14-15,18-19H2,1H3,(H,38,39)/t20?,23-,27+,28-/m0/s1.